The summed E-state index contributed by atoms with van der Waals surface area (Å²) < 4.78 is 1.31. The van der Waals surface area contributed by atoms with Crippen molar-refractivity contribution in [3.05, 3.63) is 33.4 Å². The van der Waals surface area contributed by atoms with Crippen LogP contribution in [0.1, 0.15) is 33.3 Å². The fourth-order valence-corrected chi connectivity index (χ4v) is 1.57. The molecular weight excluding hydrogens is 271 g/mol. The Bertz CT molecular complexity index is 270. The monoisotopic (exact) mass is 288 g/mol. The molecule has 1 aromatic rings. The largest absolute Gasteiger partial charge is 0.0619 e. The van der Waals surface area contributed by atoms with Crippen LogP contribution < -0.4 is 0 Å². The first-order valence-corrected chi connectivity index (χ1v) is 5.78. The van der Waals surface area contributed by atoms with Gasteiger partial charge in [-0.05, 0) is 51.6 Å². The second kappa shape index (κ2) is 3.99. The normalized spacial score (nSPS) is 12.2. The van der Waals surface area contributed by atoms with Crippen molar-refractivity contribution in [3.8, 4) is 0 Å². The van der Waals surface area contributed by atoms with E-state index in [4.69, 9.17) is 0 Å². The maximum atomic E-state index is 2.34. The van der Waals surface area contributed by atoms with Crippen LogP contribution in [-0.4, -0.2) is 0 Å². The summed E-state index contributed by atoms with van der Waals surface area (Å²) in [5.41, 5.74) is 1.72. The van der Waals surface area contributed by atoms with E-state index >= 15 is 0 Å². The van der Waals surface area contributed by atoms with Crippen LogP contribution in [0.4, 0.5) is 0 Å². The molecule has 0 fully saturated rings. The summed E-state index contributed by atoms with van der Waals surface area (Å²) in [7, 11) is 0. The van der Waals surface area contributed by atoms with E-state index in [9.17, 15) is 0 Å². The van der Waals surface area contributed by atoms with Crippen molar-refractivity contribution in [1.82, 2.24) is 0 Å². The lowest BCUT2D eigenvalue weighted by molar-refractivity contribution is 0.372. The van der Waals surface area contributed by atoms with Crippen LogP contribution in [0.15, 0.2) is 24.3 Å². The first kappa shape index (κ1) is 11.0. The molecule has 1 heteroatoms. The van der Waals surface area contributed by atoms with E-state index in [1.165, 1.54) is 9.13 Å². The zero-order chi connectivity index (χ0) is 10.1. The molecule has 0 radical (unpaired) electrons. The van der Waals surface area contributed by atoms with Gasteiger partial charge in [0.15, 0.2) is 0 Å². The fraction of sp³-hybridized carbons (Fsp3) is 0.500. The maximum Gasteiger partial charge on any atom is 0.0130 e. The Morgan fingerprint density at radius 2 is 1.54 bits per heavy atom. The van der Waals surface area contributed by atoms with Crippen molar-refractivity contribution in [2.24, 2.45) is 5.92 Å². The van der Waals surface area contributed by atoms with Crippen LogP contribution in [0, 0.1) is 9.49 Å². The highest BCUT2D eigenvalue weighted by molar-refractivity contribution is 14.1. The molecule has 0 nitrogen and oxygen atoms in total. The van der Waals surface area contributed by atoms with Crippen LogP contribution in [0.5, 0.6) is 0 Å². The van der Waals surface area contributed by atoms with Crippen LogP contribution in [0.25, 0.3) is 0 Å². The van der Waals surface area contributed by atoms with Gasteiger partial charge >= 0.3 is 0 Å². The molecule has 0 heterocycles. The van der Waals surface area contributed by atoms with Gasteiger partial charge in [-0.25, -0.2) is 0 Å². The van der Waals surface area contributed by atoms with Crippen molar-refractivity contribution in [2.75, 3.05) is 0 Å². The van der Waals surface area contributed by atoms with Crippen molar-refractivity contribution in [1.29, 1.82) is 0 Å². The minimum atomic E-state index is 0.282. The molecule has 0 N–H and O–H groups in total. The molecule has 0 spiro atoms. The summed E-state index contributed by atoms with van der Waals surface area (Å²) in [5.74, 6) is 0.674. The molecule has 0 unspecified atom stereocenters. The molecule has 13 heavy (non-hydrogen) atoms. The van der Waals surface area contributed by atoms with Gasteiger partial charge in [0.1, 0.15) is 0 Å². The summed E-state index contributed by atoms with van der Waals surface area (Å²) in [4.78, 5) is 0. The molecule has 0 atom stereocenters. The first-order valence-electron chi connectivity index (χ1n) is 4.70. The third-order valence-corrected chi connectivity index (χ3v) is 3.75. The van der Waals surface area contributed by atoms with E-state index < -0.39 is 0 Å². The molecule has 0 bridgehead atoms. The number of hydrogen-bond acceptors (Lipinski definition) is 0. The zero-order valence-corrected chi connectivity index (χ0v) is 10.9. The molecule has 0 aliphatic heterocycles. The van der Waals surface area contributed by atoms with E-state index in [0.29, 0.717) is 5.92 Å². The molecule has 1 aromatic carbocycles. The van der Waals surface area contributed by atoms with Crippen LogP contribution in [-0.2, 0) is 5.41 Å². The number of benzene rings is 1. The third kappa shape index (κ3) is 2.46. The lowest BCUT2D eigenvalue weighted by Gasteiger charge is -2.29. The average Bonchev–Trinajstić information content (AvgIpc) is 2.04. The smallest absolute Gasteiger partial charge is 0.0130 e. The standard InChI is InChI=1S/C12H17I/c1-9(2)12(3,4)10-5-7-11(13)8-6-10/h5-9H,1-4H3. The molecular formula is C12H17I. The van der Waals surface area contributed by atoms with Gasteiger partial charge in [0.25, 0.3) is 0 Å². The number of halogens is 1. The number of hydrogen-bond donors (Lipinski definition) is 0. The lowest BCUT2D eigenvalue weighted by atomic mass is 9.75. The Morgan fingerprint density at radius 3 is 1.92 bits per heavy atom. The molecule has 1 rings (SSSR count). The van der Waals surface area contributed by atoms with Gasteiger partial charge in [-0.1, -0.05) is 39.8 Å². The van der Waals surface area contributed by atoms with Crippen molar-refractivity contribution in [2.45, 2.75) is 33.1 Å². The minimum Gasteiger partial charge on any atom is -0.0619 e. The second-order valence-corrected chi connectivity index (χ2v) is 5.63. The van der Waals surface area contributed by atoms with Gasteiger partial charge in [-0.2, -0.15) is 0 Å². The minimum absolute atomic E-state index is 0.282. The maximum absolute atomic E-state index is 2.34. The van der Waals surface area contributed by atoms with Crippen LogP contribution >= 0.6 is 22.6 Å². The van der Waals surface area contributed by atoms with Crippen molar-refractivity contribution in [3.63, 3.8) is 0 Å². The van der Waals surface area contributed by atoms with Gasteiger partial charge in [0.2, 0.25) is 0 Å². The molecule has 0 saturated carbocycles. The highest BCUT2D eigenvalue weighted by atomic mass is 127. The Morgan fingerprint density at radius 1 is 1.08 bits per heavy atom. The van der Waals surface area contributed by atoms with Gasteiger partial charge in [-0.3, -0.25) is 0 Å². The van der Waals surface area contributed by atoms with Crippen molar-refractivity contribution >= 4 is 22.6 Å². The van der Waals surface area contributed by atoms with Gasteiger partial charge in [-0.15, -0.1) is 0 Å². The summed E-state index contributed by atoms with van der Waals surface area (Å²) in [6.45, 7) is 9.16. The molecule has 0 amide bonds. The van der Waals surface area contributed by atoms with E-state index in [0.717, 1.165) is 0 Å². The highest BCUT2D eigenvalue weighted by Gasteiger charge is 2.23. The Kier molecular flexibility index (Phi) is 3.38. The molecule has 0 aliphatic carbocycles. The van der Waals surface area contributed by atoms with E-state index in [2.05, 4.69) is 74.6 Å². The SMILES string of the molecule is CC(C)C(C)(C)c1ccc(I)cc1. The Balaban J connectivity index is 3.01. The molecule has 0 saturated heterocycles. The van der Waals surface area contributed by atoms with Gasteiger partial charge in [0.05, 0.1) is 0 Å². The topological polar surface area (TPSA) is 0 Å². The first-order chi connectivity index (χ1) is 5.94. The lowest BCUT2D eigenvalue weighted by Crippen LogP contribution is -2.24. The summed E-state index contributed by atoms with van der Waals surface area (Å²) in [5, 5.41) is 0. The van der Waals surface area contributed by atoms with E-state index in [1.807, 2.05) is 0 Å². The summed E-state index contributed by atoms with van der Waals surface area (Å²) in [6.07, 6.45) is 0. The molecule has 0 aromatic heterocycles. The predicted octanol–water partition coefficient (Wildman–Crippen LogP) is 4.22. The fourth-order valence-electron chi connectivity index (χ4n) is 1.21. The van der Waals surface area contributed by atoms with Crippen LogP contribution in [0.2, 0.25) is 0 Å². The predicted molar refractivity (Wildman–Crippen MR) is 67.0 cm³/mol. The van der Waals surface area contributed by atoms with Gasteiger partial charge < -0.3 is 0 Å². The second-order valence-electron chi connectivity index (χ2n) is 4.38. The average molecular weight is 288 g/mol. The zero-order valence-electron chi connectivity index (χ0n) is 8.76. The molecule has 72 valence electrons. The summed E-state index contributed by atoms with van der Waals surface area (Å²) in [6, 6.07) is 8.84. The number of rotatable bonds is 2. The summed E-state index contributed by atoms with van der Waals surface area (Å²) >= 11 is 2.34. The highest BCUT2D eigenvalue weighted by Crippen LogP contribution is 2.31. The van der Waals surface area contributed by atoms with Crippen molar-refractivity contribution < 1.29 is 0 Å². The third-order valence-electron chi connectivity index (χ3n) is 3.03. The van der Waals surface area contributed by atoms with E-state index in [1.54, 1.807) is 0 Å². The Hall–Kier alpha value is -0.0500. The van der Waals surface area contributed by atoms with Gasteiger partial charge in [0, 0.05) is 3.57 Å². The van der Waals surface area contributed by atoms with Crippen LogP contribution in [0.3, 0.4) is 0 Å². The quantitative estimate of drug-likeness (QED) is 0.715. The Labute approximate surface area is 94.9 Å². The molecule has 0 aliphatic rings. The van der Waals surface area contributed by atoms with E-state index in [-0.39, 0.29) is 5.41 Å².